The van der Waals surface area contributed by atoms with E-state index in [1.54, 1.807) is 36.4 Å². The van der Waals surface area contributed by atoms with Crippen molar-refractivity contribution < 1.29 is 54.6 Å². The third-order valence-corrected chi connectivity index (χ3v) is 8.32. The molecule has 11 heteroatoms. The van der Waals surface area contributed by atoms with Gasteiger partial charge in [-0.15, -0.1) is 0 Å². The predicted octanol–water partition coefficient (Wildman–Crippen LogP) is 6.08. The van der Waals surface area contributed by atoms with Crippen LogP contribution in [-0.4, -0.2) is 59.6 Å². The van der Waals surface area contributed by atoms with Crippen molar-refractivity contribution >= 4 is 28.9 Å². The number of hydrogen-bond donors (Lipinski definition) is 6. The minimum atomic E-state index is -0.532. The van der Waals surface area contributed by atoms with Gasteiger partial charge in [-0.3, -0.25) is 24.0 Å². The molecule has 52 heavy (non-hydrogen) atoms. The third-order valence-electron chi connectivity index (χ3n) is 8.32. The molecule has 0 saturated carbocycles. The number of hydrogen-bond acceptors (Lipinski definition) is 11. The van der Waals surface area contributed by atoms with E-state index in [2.05, 4.69) is 0 Å². The molecule has 0 fully saturated rings. The van der Waals surface area contributed by atoms with Gasteiger partial charge in [-0.05, 0) is 72.8 Å². The number of phenolic OH excluding ortho intramolecular Hbond substituents is 6. The average molecular weight is 695 g/mol. The lowest BCUT2D eigenvalue weighted by molar-refractivity contribution is 0.0974. The van der Waals surface area contributed by atoms with Crippen molar-refractivity contribution in [2.45, 2.75) is 0 Å². The van der Waals surface area contributed by atoms with Crippen LogP contribution in [0.5, 0.6) is 34.5 Å². The summed E-state index contributed by atoms with van der Waals surface area (Å²) >= 11 is 0. The van der Waals surface area contributed by atoms with E-state index in [-0.39, 0.29) is 90.6 Å². The Morgan fingerprint density at radius 2 is 0.673 bits per heavy atom. The number of phenols is 6. The van der Waals surface area contributed by atoms with Gasteiger partial charge in [-0.1, -0.05) is 48.5 Å². The van der Waals surface area contributed by atoms with Crippen LogP contribution in [0, 0.1) is 0 Å². The summed E-state index contributed by atoms with van der Waals surface area (Å²) in [6, 6.07) is 29.5. The van der Waals surface area contributed by atoms with E-state index in [4.69, 9.17) is 10.2 Å². The summed E-state index contributed by atoms with van der Waals surface area (Å²) < 4.78 is 0. The molecule has 0 saturated heterocycles. The summed E-state index contributed by atoms with van der Waals surface area (Å²) in [5, 5.41) is 57.0. The minimum Gasteiger partial charge on any atom is -0.508 e. The summed E-state index contributed by atoms with van der Waals surface area (Å²) in [5.74, 6) is -2.78. The van der Waals surface area contributed by atoms with Crippen molar-refractivity contribution in [3.8, 4) is 34.5 Å². The first-order valence-corrected chi connectivity index (χ1v) is 15.5. The molecule has 0 radical (unpaired) electrons. The number of benzene rings is 6. The van der Waals surface area contributed by atoms with E-state index in [0.29, 0.717) is 11.1 Å². The van der Waals surface area contributed by atoms with Crippen LogP contribution in [0.2, 0.25) is 0 Å². The summed E-state index contributed by atoms with van der Waals surface area (Å²) in [5.41, 5.74) is 1.49. The lowest BCUT2D eigenvalue weighted by atomic mass is 9.83. The molecule has 0 bridgehead atoms. The Balaban J connectivity index is 0.000000134. The summed E-state index contributed by atoms with van der Waals surface area (Å²) in [6.07, 6.45) is 0. The monoisotopic (exact) mass is 694 g/mol. The van der Waals surface area contributed by atoms with Gasteiger partial charge in [0.1, 0.15) is 34.5 Å². The Hall–Kier alpha value is -7.53. The van der Waals surface area contributed by atoms with Crippen molar-refractivity contribution in [3.05, 3.63) is 177 Å². The Labute approximate surface area is 294 Å². The number of aromatic hydroxyl groups is 6. The predicted molar refractivity (Wildman–Crippen MR) is 186 cm³/mol. The normalized spacial score (nSPS) is 12.2. The number of carbonyl (C=O) groups is 5. The Kier molecular flexibility index (Phi) is 9.09. The van der Waals surface area contributed by atoms with Crippen molar-refractivity contribution in [1.29, 1.82) is 0 Å². The van der Waals surface area contributed by atoms with Crippen LogP contribution in [0.4, 0.5) is 0 Å². The molecule has 0 aliphatic heterocycles. The highest BCUT2D eigenvalue weighted by molar-refractivity contribution is 6.31. The van der Waals surface area contributed by atoms with E-state index in [9.17, 15) is 44.4 Å². The number of rotatable bonds is 2. The van der Waals surface area contributed by atoms with Gasteiger partial charge in [0.2, 0.25) is 5.78 Å². The quantitative estimate of drug-likeness (QED) is 0.0904. The second-order valence-corrected chi connectivity index (χ2v) is 11.5. The standard InChI is InChI=1S/2C14H8O4.C13H10O3/c15-9-5-1-3-7-11(9)14(18)12-8(13(7)17)4-2-6-10(12)16;15-9-5-6-10(16)12-11(9)13(17)7-3-1-2-4-8(7)14(12)18;14-11-5-1-9(2-6-11)13(16)10-3-7-12(15)8-4-10/h2*1-6,15-16H;1-8,14-15H. The fourth-order valence-electron chi connectivity index (χ4n) is 5.79. The number of fused-ring (bicyclic) bond motifs is 4. The SMILES string of the molecule is O=C(c1ccc(O)cc1)c1ccc(O)cc1.O=C1c2cccc(O)c2C(=O)c2c(O)cccc21.O=C1c2ccccc2C(=O)c2c(O)ccc(O)c21. The molecule has 2 aliphatic rings. The molecule has 0 heterocycles. The van der Waals surface area contributed by atoms with Crippen molar-refractivity contribution in [2.75, 3.05) is 0 Å². The van der Waals surface area contributed by atoms with Crippen molar-refractivity contribution in [3.63, 3.8) is 0 Å². The van der Waals surface area contributed by atoms with E-state index in [1.807, 2.05) is 0 Å². The van der Waals surface area contributed by atoms with Crippen LogP contribution in [0.1, 0.15) is 79.6 Å². The van der Waals surface area contributed by atoms with Gasteiger partial charge in [-0.25, -0.2) is 0 Å². The summed E-state index contributed by atoms with van der Waals surface area (Å²) in [4.78, 5) is 60.7. The molecule has 11 nitrogen and oxygen atoms in total. The molecule has 0 unspecified atom stereocenters. The molecule has 6 aromatic carbocycles. The second-order valence-electron chi connectivity index (χ2n) is 11.5. The molecule has 0 spiro atoms. The fraction of sp³-hybridized carbons (Fsp3) is 0. The topological polar surface area (TPSA) is 207 Å². The summed E-state index contributed by atoms with van der Waals surface area (Å²) in [7, 11) is 0. The maximum atomic E-state index is 12.2. The van der Waals surface area contributed by atoms with E-state index in [1.165, 1.54) is 84.9 Å². The summed E-state index contributed by atoms with van der Waals surface area (Å²) in [6.45, 7) is 0. The van der Waals surface area contributed by atoms with Gasteiger partial charge in [0.05, 0.1) is 22.3 Å². The van der Waals surface area contributed by atoms with Gasteiger partial charge in [0.25, 0.3) is 0 Å². The Morgan fingerprint density at radius 3 is 1.06 bits per heavy atom. The van der Waals surface area contributed by atoms with Gasteiger partial charge >= 0.3 is 0 Å². The fourth-order valence-corrected chi connectivity index (χ4v) is 5.79. The molecule has 256 valence electrons. The molecule has 0 amide bonds. The highest BCUT2D eigenvalue weighted by Crippen LogP contribution is 2.38. The first-order chi connectivity index (χ1) is 24.9. The van der Waals surface area contributed by atoms with Crippen LogP contribution < -0.4 is 0 Å². The van der Waals surface area contributed by atoms with E-state index >= 15 is 0 Å². The Morgan fingerprint density at radius 1 is 0.327 bits per heavy atom. The maximum absolute atomic E-state index is 12.2. The number of carbonyl (C=O) groups excluding carboxylic acids is 5. The molecule has 6 aromatic rings. The lowest BCUT2D eigenvalue weighted by Crippen LogP contribution is -2.20. The highest BCUT2D eigenvalue weighted by Gasteiger charge is 2.35. The highest BCUT2D eigenvalue weighted by atomic mass is 16.3. The molecule has 0 atom stereocenters. The molecule has 2 aliphatic carbocycles. The first-order valence-electron chi connectivity index (χ1n) is 15.5. The van der Waals surface area contributed by atoms with E-state index < -0.39 is 17.3 Å². The largest absolute Gasteiger partial charge is 0.508 e. The zero-order chi connectivity index (χ0) is 37.3. The lowest BCUT2D eigenvalue weighted by Gasteiger charge is -2.18. The molecular formula is C41H26O11. The molecule has 8 rings (SSSR count). The van der Waals surface area contributed by atoms with Crippen LogP contribution in [0.3, 0.4) is 0 Å². The van der Waals surface area contributed by atoms with Crippen molar-refractivity contribution in [2.24, 2.45) is 0 Å². The van der Waals surface area contributed by atoms with Gasteiger partial charge in [-0.2, -0.15) is 0 Å². The second kappa shape index (κ2) is 13.8. The number of ketones is 5. The van der Waals surface area contributed by atoms with Gasteiger partial charge in [0, 0.05) is 33.4 Å². The Bertz CT molecular complexity index is 2280. The zero-order valence-corrected chi connectivity index (χ0v) is 26.8. The minimum absolute atomic E-state index is 0.0449. The van der Waals surface area contributed by atoms with Gasteiger partial charge < -0.3 is 30.6 Å². The zero-order valence-electron chi connectivity index (χ0n) is 26.8. The molecule has 0 aromatic heterocycles. The van der Waals surface area contributed by atoms with Crippen molar-refractivity contribution in [1.82, 2.24) is 0 Å². The third kappa shape index (κ3) is 6.21. The van der Waals surface area contributed by atoms with Crippen LogP contribution >= 0.6 is 0 Å². The average Bonchev–Trinajstić information content (AvgIpc) is 3.14. The first kappa shape index (κ1) is 34.3. The smallest absolute Gasteiger partial charge is 0.201 e. The van der Waals surface area contributed by atoms with Crippen LogP contribution in [0.15, 0.2) is 121 Å². The van der Waals surface area contributed by atoms with E-state index in [0.717, 1.165) is 0 Å². The van der Waals surface area contributed by atoms with Crippen LogP contribution in [0.25, 0.3) is 0 Å². The maximum Gasteiger partial charge on any atom is 0.201 e. The molecule has 6 N–H and O–H groups in total. The molecular weight excluding hydrogens is 668 g/mol. The van der Waals surface area contributed by atoms with Crippen LogP contribution in [-0.2, 0) is 0 Å². The van der Waals surface area contributed by atoms with Gasteiger partial charge in [0.15, 0.2) is 23.1 Å².